The van der Waals surface area contributed by atoms with E-state index in [1.807, 2.05) is 0 Å². The first-order chi connectivity index (χ1) is 8.19. The lowest BCUT2D eigenvalue weighted by Gasteiger charge is -2.03. The monoisotopic (exact) mass is 254 g/mol. The van der Waals surface area contributed by atoms with Crippen molar-refractivity contribution in [3.8, 4) is 0 Å². The summed E-state index contributed by atoms with van der Waals surface area (Å²) in [6.45, 7) is 0. The second-order valence-corrected chi connectivity index (χ2v) is 4.12. The molecule has 0 fully saturated rings. The van der Waals surface area contributed by atoms with Gasteiger partial charge in [0, 0.05) is 17.0 Å². The molecule has 2 aromatic rings. The van der Waals surface area contributed by atoms with Gasteiger partial charge in [-0.3, -0.25) is 0 Å². The van der Waals surface area contributed by atoms with E-state index in [9.17, 15) is 8.78 Å². The highest BCUT2D eigenvalue weighted by Crippen LogP contribution is 2.29. The summed E-state index contributed by atoms with van der Waals surface area (Å²) in [5.74, 6) is 4.37. The van der Waals surface area contributed by atoms with Crippen molar-refractivity contribution in [3.63, 3.8) is 0 Å². The van der Waals surface area contributed by atoms with Gasteiger partial charge in [-0.1, -0.05) is 11.8 Å². The van der Waals surface area contributed by atoms with Crippen LogP contribution in [-0.2, 0) is 0 Å². The van der Waals surface area contributed by atoms with Gasteiger partial charge in [-0.15, -0.1) is 0 Å². The number of aromatic nitrogens is 2. The van der Waals surface area contributed by atoms with Gasteiger partial charge in [-0.25, -0.2) is 24.6 Å². The zero-order chi connectivity index (χ0) is 12.3. The van der Waals surface area contributed by atoms with Crippen molar-refractivity contribution < 1.29 is 8.78 Å². The standard InChI is InChI=1S/C10H8F2N4S/c11-6-1-2-8(7(12)3-6)17-10-4-9(16-13)14-5-15-10/h1-5H,13H2,(H,14,15,16). The zero-order valence-electron chi connectivity index (χ0n) is 8.52. The fraction of sp³-hybridized carbons (Fsp3) is 0. The molecular weight excluding hydrogens is 246 g/mol. The summed E-state index contributed by atoms with van der Waals surface area (Å²) < 4.78 is 26.1. The number of benzene rings is 1. The summed E-state index contributed by atoms with van der Waals surface area (Å²) >= 11 is 1.06. The molecule has 0 spiro atoms. The van der Waals surface area contributed by atoms with E-state index in [0.717, 1.165) is 17.8 Å². The lowest BCUT2D eigenvalue weighted by atomic mass is 10.3. The molecule has 88 valence electrons. The molecule has 3 N–H and O–H groups in total. The third-order valence-electron chi connectivity index (χ3n) is 1.90. The van der Waals surface area contributed by atoms with Crippen LogP contribution in [-0.4, -0.2) is 9.97 Å². The Labute approximate surface area is 100 Å². The SMILES string of the molecule is NNc1cc(Sc2ccc(F)cc2F)ncn1. The number of anilines is 1. The van der Waals surface area contributed by atoms with Gasteiger partial charge in [-0.05, 0) is 12.1 Å². The number of hydrogen-bond acceptors (Lipinski definition) is 5. The smallest absolute Gasteiger partial charge is 0.144 e. The molecule has 0 atom stereocenters. The summed E-state index contributed by atoms with van der Waals surface area (Å²) in [7, 11) is 0. The molecule has 0 bridgehead atoms. The van der Waals surface area contributed by atoms with Crippen LogP contribution >= 0.6 is 11.8 Å². The summed E-state index contributed by atoms with van der Waals surface area (Å²) in [5, 5.41) is 0.512. The quantitative estimate of drug-likeness (QED) is 0.499. The largest absolute Gasteiger partial charge is 0.308 e. The van der Waals surface area contributed by atoms with E-state index in [1.54, 1.807) is 6.07 Å². The molecule has 7 heteroatoms. The molecule has 0 radical (unpaired) electrons. The number of nitrogens with two attached hydrogens (primary N) is 1. The topological polar surface area (TPSA) is 63.8 Å². The maximum Gasteiger partial charge on any atom is 0.144 e. The van der Waals surface area contributed by atoms with Crippen LogP contribution in [0.4, 0.5) is 14.6 Å². The molecule has 0 aliphatic heterocycles. The number of halogens is 2. The highest BCUT2D eigenvalue weighted by Gasteiger charge is 2.07. The summed E-state index contributed by atoms with van der Waals surface area (Å²) in [4.78, 5) is 8.05. The molecular formula is C10H8F2N4S. The summed E-state index contributed by atoms with van der Waals surface area (Å²) in [5.41, 5.74) is 2.36. The van der Waals surface area contributed by atoms with E-state index in [4.69, 9.17) is 5.84 Å². The van der Waals surface area contributed by atoms with Gasteiger partial charge in [-0.2, -0.15) is 0 Å². The predicted molar refractivity (Wildman–Crippen MR) is 60.3 cm³/mol. The van der Waals surface area contributed by atoms with Gasteiger partial charge in [0.25, 0.3) is 0 Å². The minimum Gasteiger partial charge on any atom is -0.308 e. The predicted octanol–water partition coefficient (Wildman–Crippen LogP) is 2.19. The Morgan fingerprint density at radius 1 is 1.18 bits per heavy atom. The van der Waals surface area contributed by atoms with Crippen molar-refractivity contribution in [2.45, 2.75) is 9.92 Å². The van der Waals surface area contributed by atoms with E-state index in [-0.39, 0.29) is 4.90 Å². The first-order valence-corrected chi connectivity index (χ1v) is 5.42. The summed E-state index contributed by atoms with van der Waals surface area (Å²) in [6.07, 6.45) is 1.30. The Hall–Kier alpha value is -1.73. The van der Waals surface area contributed by atoms with Gasteiger partial charge < -0.3 is 5.43 Å². The number of nitrogen functional groups attached to an aromatic ring is 1. The lowest BCUT2D eigenvalue weighted by Crippen LogP contribution is -2.08. The van der Waals surface area contributed by atoms with E-state index < -0.39 is 11.6 Å². The van der Waals surface area contributed by atoms with Crippen LogP contribution in [0.1, 0.15) is 0 Å². The lowest BCUT2D eigenvalue weighted by molar-refractivity contribution is 0.565. The van der Waals surface area contributed by atoms with Crippen molar-refractivity contribution in [2.24, 2.45) is 5.84 Å². The van der Waals surface area contributed by atoms with Crippen LogP contribution in [0.25, 0.3) is 0 Å². The molecule has 17 heavy (non-hydrogen) atoms. The molecule has 1 heterocycles. The Bertz CT molecular complexity index is 535. The molecule has 1 aromatic carbocycles. The van der Waals surface area contributed by atoms with Crippen molar-refractivity contribution in [1.82, 2.24) is 9.97 Å². The fourth-order valence-corrected chi connectivity index (χ4v) is 1.93. The Morgan fingerprint density at radius 2 is 2.00 bits per heavy atom. The minimum absolute atomic E-state index is 0.285. The highest BCUT2D eigenvalue weighted by atomic mass is 32.2. The second-order valence-electron chi connectivity index (χ2n) is 3.06. The number of hydrogen-bond donors (Lipinski definition) is 2. The molecule has 0 unspecified atom stereocenters. The molecule has 1 aromatic heterocycles. The average molecular weight is 254 g/mol. The van der Waals surface area contributed by atoms with Crippen LogP contribution in [0.2, 0.25) is 0 Å². The number of nitrogens with one attached hydrogen (secondary N) is 1. The number of rotatable bonds is 3. The molecule has 0 aliphatic carbocycles. The van der Waals surface area contributed by atoms with E-state index in [2.05, 4.69) is 15.4 Å². The normalized spacial score (nSPS) is 10.3. The van der Waals surface area contributed by atoms with Gasteiger partial charge >= 0.3 is 0 Å². The van der Waals surface area contributed by atoms with Crippen molar-refractivity contribution in [2.75, 3.05) is 5.43 Å². The van der Waals surface area contributed by atoms with Crippen LogP contribution < -0.4 is 11.3 Å². The zero-order valence-corrected chi connectivity index (χ0v) is 9.34. The molecule has 4 nitrogen and oxygen atoms in total. The fourth-order valence-electron chi connectivity index (χ4n) is 1.14. The Balaban J connectivity index is 2.25. The maximum atomic E-state index is 13.4. The van der Waals surface area contributed by atoms with Crippen LogP contribution in [0.3, 0.4) is 0 Å². The third-order valence-corrected chi connectivity index (χ3v) is 2.88. The van der Waals surface area contributed by atoms with Crippen LogP contribution in [0.15, 0.2) is 40.5 Å². The first-order valence-electron chi connectivity index (χ1n) is 4.60. The Morgan fingerprint density at radius 3 is 2.71 bits per heavy atom. The van der Waals surface area contributed by atoms with Gasteiger partial charge in [0.05, 0.1) is 0 Å². The molecule has 0 aliphatic rings. The van der Waals surface area contributed by atoms with Crippen molar-refractivity contribution in [3.05, 3.63) is 42.2 Å². The molecule has 0 amide bonds. The van der Waals surface area contributed by atoms with E-state index in [1.165, 1.54) is 18.5 Å². The van der Waals surface area contributed by atoms with E-state index in [0.29, 0.717) is 10.8 Å². The van der Waals surface area contributed by atoms with Gasteiger partial charge in [0.15, 0.2) is 0 Å². The molecule has 0 saturated heterocycles. The Kier molecular flexibility index (Phi) is 3.50. The van der Waals surface area contributed by atoms with Crippen molar-refractivity contribution >= 4 is 17.6 Å². The van der Waals surface area contributed by atoms with Crippen LogP contribution in [0.5, 0.6) is 0 Å². The third kappa shape index (κ3) is 2.89. The van der Waals surface area contributed by atoms with E-state index >= 15 is 0 Å². The number of nitrogens with zero attached hydrogens (tertiary/aromatic N) is 2. The van der Waals surface area contributed by atoms with Crippen LogP contribution in [0, 0.1) is 11.6 Å². The highest BCUT2D eigenvalue weighted by molar-refractivity contribution is 7.99. The first kappa shape index (κ1) is 11.7. The second kappa shape index (κ2) is 5.07. The number of hydrazine groups is 1. The summed E-state index contributed by atoms with van der Waals surface area (Å²) in [6, 6.07) is 4.93. The van der Waals surface area contributed by atoms with Gasteiger partial charge in [0.2, 0.25) is 0 Å². The average Bonchev–Trinajstić information content (AvgIpc) is 2.33. The molecule has 0 saturated carbocycles. The van der Waals surface area contributed by atoms with Crippen molar-refractivity contribution in [1.29, 1.82) is 0 Å². The van der Waals surface area contributed by atoms with Gasteiger partial charge in [0.1, 0.15) is 28.8 Å². The maximum absolute atomic E-state index is 13.4. The molecule has 2 rings (SSSR count). The minimum atomic E-state index is -0.629.